The van der Waals surface area contributed by atoms with Crippen LogP contribution in [0.25, 0.3) is 0 Å². The zero-order valence-electron chi connectivity index (χ0n) is 5.38. The van der Waals surface area contributed by atoms with Crippen LogP contribution in [0.4, 0.5) is 0 Å². The second-order valence-corrected chi connectivity index (χ2v) is 3.12. The average molecular weight is 151 g/mol. The van der Waals surface area contributed by atoms with Gasteiger partial charge in [0.05, 0.1) is 24.2 Å². The normalized spacial score (nSPS) is 31.7. The van der Waals surface area contributed by atoms with Gasteiger partial charge in [0.15, 0.2) is 0 Å². The summed E-state index contributed by atoms with van der Waals surface area (Å²) in [6.07, 6.45) is 0.561. The van der Waals surface area contributed by atoms with Crippen LogP contribution in [0.1, 0.15) is 13.3 Å². The molecule has 1 fully saturated rings. The van der Waals surface area contributed by atoms with Crippen LogP contribution in [0.5, 0.6) is 0 Å². The minimum atomic E-state index is -0.404. The summed E-state index contributed by atoms with van der Waals surface area (Å²) in [5.74, 6) is 0. The van der Waals surface area contributed by atoms with E-state index in [0.717, 1.165) is 6.61 Å². The number of rotatable bonds is 3. The summed E-state index contributed by atoms with van der Waals surface area (Å²) in [6.45, 7) is 2.58. The molecule has 1 aliphatic heterocycles. The Morgan fingerprint density at radius 2 is 2.44 bits per heavy atom. The van der Waals surface area contributed by atoms with Gasteiger partial charge in [0.2, 0.25) is 0 Å². The summed E-state index contributed by atoms with van der Waals surface area (Å²) in [6, 6.07) is 0. The van der Waals surface area contributed by atoms with E-state index >= 15 is 0 Å². The first-order valence-electron chi connectivity index (χ1n) is 3.14. The number of aliphatic hydroxyl groups excluding tert-OH is 1. The average Bonchev–Trinajstić information content (AvgIpc) is 2.50. The molecule has 3 heteroatoms. The first-order chi connectivity index (χ1) is 4.20. The fourth-order valence-corrected chi connectivity index (χ4v) is 0.764. The third-order valence-electron chi connectivity index (χ3n) is 1.44. The molecule has 2 nitrogen and oxygen atoms in total. The highest BCUT2D eigenvalue weighted by atomic mass is 35.5. The quantitative estimate of drug-likeness (QED) is 0.476. The predicted molar refractivity (Wildman–Crippen MR) is 35.7 cm³/mol. The van der Waals surface area contributed by atoms with E-state index in [1.807, 2.05) is 0 Å². The highest BCUT2D eigenvalue weighted by Gasteiger charge is 2.27. The topological polar surface area (TPSA) is 32.8 Å². The number of hydrogen-bond donors (Lipinski definition) is 1. The fourth-order valence-electron chi connectivity index (χ4n) is 0.661. The molecule has 54 valence electrons. The summed E-state index contributed by atoms with van der Waals surface area (Å²) in [5.41, 5.74) is 0. The maximum atomic E-state index is 9.12. The van der Waals surface area contributed by atoms with Gasteiger partial charge in [0.25, 0.3) is 0 Å². The maximum Gasteiger partial charge on any atom is 0.0835 e. The van der Waals surface area contributed by atoms with Crippen molar-refractivity contribution in [2.45, 2.75) is 30.9 Å². The maximum absolute atomic E-state index is 9.12. The van der Waals surface area contributed by atoms with Crippen LogP contribution in [-0.4, -0.2) is 29.3 Å². The van der Waals surface area contributed by atoms with E-state index < -0.39 is 6.10 Å². The Morgan fingerprint density at radius 3 is 2.78 bits per heavy atom. The van der Waals surface area contributed by atoms with Gasteiger partial charge in [-0.15, -0.1) is 11.6 Å². The van der Waals surface area contributed by atoms with Crippen molar-refractivity contribution in [3.63, 3.8) is 0 Å². The second kappa shape index (κ2) is 2.86. The fraction of sp³-hybridized carbons (Fsp3) is 1.00. The lowest BCUT2D eigenvalue weighted by molar-refractivity contribution is 0.151. The van der Waals surface area contributed by atoms with E-state index in [0.29, 0.717) is 6.42 Å². The van der Waals surface area contributed by atoms with Crippen molar-refractivity contribution < 1.29 is 9.84 Å². The Labute approximate surface area is 59.8 Å². The molecular weight excluding hydrogens is 140 g/mol. The van der Waals surface area contributed by atoms with Gasteiger partial charge in [-0.05, 0) is 6.92 Å². The van der Waals surface area contributed by atoms with Gasteiger partial charge in [-0.2, -0.15) is 0 Å². The van der Waals surface area contributed by atoms with Gasteiger partial charge < -0.3 is 9.84 Å². The molecule has 0 aromatic rings. The van der Waals surface area contributed by atoms with Crippen LogP contribution in [-0.2, 0) is 4.74 Å². The minimum absolute atomic E-state index is 0.158. The van der Waals surface area contributed by atoms with Crippen molar-refractivity contribution in [2.75, 3.05) is 6.61 Å². The van der Waals surface area contributed by atoms with Gasteiger partial charge in [0.1, 0.15) is 0 Å². The first-order valence-corrected chi connectivity index (χ1v) is 3.57. The zero-order valence-corrected chi connectivity index (χ0v) is 6.14. The van der Waals surface area contributed by atoms with E-state index in [-0.39, 0.29) is 11.5 Å². The van der Waals surface area contributed by atoms with E-state index in [4.69, 9.17) is 21.4 Å². The lowest BCUT2D eigenvalue weighted by Crippen LogP contribution is -2.19. The van der Waals surface area contributed by atoms with Crippen LogP contribution in [0.15, 0.2) is 0 Å². The molecular formula is C6H11ClO2. The van der Waals surface area contributed by atoms with Crippen molar-refractivity contribution >= 4 is 11.6 Å². The third-order valence-corrected chi connectivity index (χ3v) is 1.73. The highest BCUT2D eigenvalue weighted by molar-refractivity contribution is 6.20. The largest absolute Gasteiger partial charge is 0.392 e. The predicted octanol–water partition coefficient (Wildman–Crippen LogP) is 0.764. The van der Waals surface area contributed by atoms with Crippen molar-refractivity contribution in [1.82, 2.24) is 0 Å². The molecule has 0 saturated carbocycles. The van der Waals surface area contributed by atoms with E-state index in [9.17, 15) is 0 Å². The highest BCUT2D eigenvalue weighted by Crippen LogP contribution is 2.18. The van der Waals surface area contributed by atoms with Gasteiger partial charge in [-0.25, -0.2) is 0 Å². The summed E-state index contributed by atoms with van der Waals surface area (Å²) in [7, 11) is 0. The number of alkyl halides is 1. The molecule has 1 aliphatic rings. The summed E-state index contributed by atoms with van der Waals surface area (Å²) in [4.78, 5) is 0. The molecule has 0 aliphatic carbocycles. The SMILES string of the molecule is CC(Cl)C(O)CC1CO1. The van der Waals surface area contributed by atoms with Crippen LogP contribution in [0.2, 0.25) is 0 Å². The van der Waals surface area contributed by atoms with Crippen molar-refractivity contribution in [3.8, 4) is 0 Å². The number of ether oxygens (including phenoxy) is 1. The Morgan fingerprint density at radius 1 is 1.89 bits per heavy atom. The molecule has 1 saturated heterocycles. The molecule has 0 aromatic heterocycles. The van der Waals surface area contributed by atoms with Crippen LogP contribution in [0, 0.1) is 0 Å². The second-order valence-electron chi connectivity index (χ2n) is 2.44. The molecule has 1 rings (SSSR count). The molecule has 0 bridgehead atoms. The number of aliphatic hydroxyl groups is 1. The zero-order chi connectivity index (χ0) is 6.85. The smallest absolute Gasteiger partial charge is 0.0835 e. The van der Waals surface area contributed by atoms with Crippen LogP contribution < -0.4 is 0 Å². The Balaban J connectivity index is 2.09. The van der Waals surface area contributed by atoms with Gasteiger partial charge in [0, 0.05) is 6.42 Å². The molecule has 0 radical (unpaired) electrons. The monoisotopic (exact) mass is 150 g/mol. The molecule has 0 amide bonds. The summed E-state index contributed by atoms with van der Waals surface area (Å²) < 4.78 is 4.91. The van der Waals surface area contributed by atoms with Crippen molar-refractivity contribution in [3.05, 3.63) is 0 Å². The van der Waals surface area contributed by atoms with Gasteiger partial charge in [-0.1, -0.05) is 0 Å². The Kier molecular flexibility index (Phi) is 2.33. The Bertz CT molecular complexity index is 91.1. The van der Waals surface area contributed by atoms with Crippen LogP contribution in [0.3, 0.4) is 0 Å². The molecule has 9 heavy (non-hydrogen) atoms. The van der Waals surface area contributed by atoms with E-state index in [1.54, 1.807) is 6.92 Å². The molecule has 0 aromatic carbocycles. The number of halogens is 1. The number of hydrogen-bond acceptors (Lipinski definition) is 2. The van der Waals surface area contributed by atoms with E-state index in [2.05, 4.69) is 0 Å². The van der Waals surface area contributed by atoms with Gasteiger partial charge in [-0.3, -0.25) is 0 Å². The minimum Gasteiger partial charge on any atom is -0.392 e. The molecule has 0 spiro atoms. The summed E-state index contributed by atoms with van der Waals surface area (Å²) >= 11 is 5.59. The van der Waals surface area contributed by atoms with E-state index in [1.165, 1.54) is 0 Å². The summed E-state index contributed by atoms with van der Waals surface area (Å²) in [5, 5.41) is 8.97. The molecule has 1 N–H and O–H groups in total. The molecule has 3 unspecified atom stereocenters. The third kappa shape index (κ3) is 2.52. The standard InChI is InChI=1S/C6H11ClO2/c1-4(7)6(8)2-5-3-9-5/h4-6,8H,2-3H2,1H3. The lowest BCUT2D eigenvalue weighted by atomic mass is 10.1. The van der Waals surface area contributed by atoms with Crippen LogP contribution >= 0.6 is 11.6 Å². The Hall–Kier alpha value is 0.210. The lowest BCUT2D eigenvalue weighted by Gasteiger charge is -2.09. The molecule has 3 atom stereocenters. The molecule has 1 heterocycles. The van der Waals surface area contributed by atoms with Crippen molar-refractivity contribution in [2.24, 2.45) is 0 Å². The van der Waals surface area contributed by atoms with Gasteiger partial charge >= 0.3 is 0 Å². The first kappa shape index (κ1) is 7.32. The van der Waals surface area contributed by atoms with Crippen molar-refractivity contribution in [1.29, 1.82) is 0 Å². The number of epoxide rings is 1.